The van der Waals surface area contributed by atoms with E-state index in [9.17, 15) is 9.59 Å². The lowest BCUT2D eigenvalue weighted by molar-refractivity contribution is 0.0131. The first-order valence-electron chi connectivity index (χ1n) is 8.04. The molecule has 0 saturated heterocycles. The van der Waals surface area contributed by atoms with Crippen LogP contribution in [0.2, 0.25) is 19.6 Å². The van der Waals surface area contributed by atoms with Crippen molar-refractivity contribution in [3.8, 4) is 0 Å². The SMILES string of the molecule is C[Si](C)(C)OCOC(=O)c1ccc(C(=O)/C=C/c2ccccc2)cc1. The van der Waals surface area contributed by atoms with Crippen molar-refractivity contribution in [2.45, 2.75) is 19.6 Å². The number of hydrogen-bond donors (Lipinski definition) is 0. The fourth-order valence-electron chi connectivity index (χ4n) is 1.95. The highest BCUT2D eigenvalue weighted by Crippen LogP contribution is 2.10. The average molecular weight is 354 g/mol. The molecule has 0 heterocycles. The van der Waals surface area contributed by atoms with Crippen LogP contribution in [-0.4, -0.2) is 26.9 Å². The summed E-state index contributed by atoms with van der Waals surface area (Å²) < 4.78 is 10.6. The topological polar surface area (TPSA) is 52.6 Å². The van der Waals surface area contributed by atoms with E-state index in [1.807, 2.05) is 50.0 Å². The number of benzene rings is 2. The molecule has 0 saturated carbocycles. The molecule has 0 spiro atoms. The van der Waals surface area contributed by atoms with Gasteiger partial charge in [-0.3, -0.25) is 4.79 Å². The molecule has 0 radical (unpaired) electrons. The second-order valence-electron chi connectivity index (χ2n) is 6.49. The van der Waals surface area contributed by atoms with Gasteiger partial charge in [0.05, 0.1) is 5.56 Å². The first-order valence-corrected chi connectivity index (χ1v) is 11.4. The number of esters is 1. The van der Waals surface area contributed by atoms with Gasteiger partial charge in [-0.05, 0) is 43.4 Å². The van der Waals surface area contributed by atoms with E-state index in [2.05, 4.69) is 0 Å². The monoisotopic (exact) mass is 354 g/mol. The van der Waals surface area contributed by atoms with E-state index in [1.165, 1.54) is 6.08 Å². The molecule has 0 amide bonds. The maximum atomic E-state index is 12.2. The first kappa shape index (κ1) is 18.8. The number of carbonyl (C=O) groups is 2. The zero-order valence-electron chi connectivity index (χ0n) is 14.7. The minimum atomic E-state index is -1.72. The highest BCUT2D eigenvalue weighted by molar-refractivity contribution is 6.69. The zero-order chi connectivity index (χ0) is 18.3. The van der Waals surface area contributed by atoms with Crippen LogP contribution in [0.3, 0.4) is 0 Å². The summed E-state index contributed by atoms with van der Waals surface area (Å²) >= 11 is 0. The molecule has 0 unspecified atom stereocenters. The molecule has 4 nitrogen and oxygen atoms in total. The molecule has 2 aromatic carbocycles. The predicted molar refractivity (Wildman–Crippen MR) is 101 cm³/mol. The largest absolute Gasteiger partial charge is 0.436 e. The van der Waals surface area contributed by atoms with Gasteiger partial charge >= 0.3 is 5.97 Å². The molecule has 0 aliphatic carbocycles. The third-order valence-corrected chi connectivity index (χ3v) is 4.30. The molecule has 2 rings (SSSR count). The lowest BCUT2D eigenvalue weighted by atomic mass is 10.1. The summed E-state index contributed by atoms with van der Waals surface area (Å²) in [5.74, 6) is -0.581. The van der Waals surface area contributed by atoms with Crippen molar-refractivity contribution in [2.24, 2.45) is 0 Å². The van der Waals surface area contributed by atoms with Crippen LogP contribution in [0.5, 0.6) is 0 Å². The zero-order valence-corrected chi connectivity index (χ0v) is 15.7. The molecule has 0 fully saturated rings. The second kappa shape index (κ2) is 8.55. The number of ketones is 1. The van der Waals surface area contributed by atoms with Crippen LogP contribution in [0.25, 0.3) is 6.08 Å². The van der Waals surface area contributed by atoms with E-state index < -0.39 is 14.3 Å². The summed E-state index contributed by atoms with van der Waals surface area (Å²) in [7, 11) is -1.72. The van der Waals surface area contributed by atoms with Gasteiger partial charge in [0, 0.05) is 5.56 Å². The van der Waals surface area contributed by atoms with Gasteiger partial charge in [0.2, 0.25) is 0 Å². The number of rotatable bonds is 7. The Morgan fingerprint density at radius 2 is 1.52 bits per heavy atom. The quantitative estimate of drug-likeness (QED) is 0.241. The Hall–Kier alpha value is -2.50. The lowest BCUT2D eigenvalue weighted by Gasteiger charge is -2.16. The summed E-state index contributed by atoms with van der Waals surface area (Å²) in [6.45, 7) is 6.01. The van der Waals surface area contributed by atoms with Crippen LogP contribution < -0.4 is 0 Å². The first-order chi connectivity index (χ1) is 11.8. The number of allylic oxidation sites excluding steroid dienone is 1. The molecular weight excluding hydrogens is 332 g/mol. The van der Waals surface area contributed by atoms with Gasteiger partial charge in [-0.2, -0.15) is 0 Å². The van der Waals surface area contributed by atoms with Crippen molar-refractivity contribution in [1.29, 1.82) is 0 Å². The fourth-order valence-corrected chi connectivity index (χ4v) is 2.36. The summed E-state index contributed by atoms with van der Waals surface area (Å²) in [5.41, 5.74) is 1.86. The minimum absolute atomic E-state index is 0.0466. The smallest absolute Gasteiger partial charge is 0.340 e. The van der Waals surface area contributed by atoms with Gasteiger partial charge < -0.3 is 9.16 Å². The Labute approximate surface area is 149 Å². The van der Waals surface area contributed by atoms with Crippen molar-refractivity contribution in [2.75, 3.05) is 6.79 Å². The minimum Gasteiger partial charge on any atom is -0.436 e. The van der Waals surface area contributed by atoms with Gasteiger partial charge in [0.15, 0.2) is 20.9 Å². The van der Waals surface area contributed by atoms with Crippen molar-refractivity contribution < 1.29 is 18.8 Å². The Morgan fingerprint density at radius 3 is 2.12 bits per heavy atom. The average Bonchev–Trinajstić information content (AvgIpc) is 2.59. The van der Waals surface area contributed by atoms with Gasteiger partial charge in [-0.15, -0.1) is 0 Å². The summed E-state index contributed by atoms with van der Waals surface area (Å²) in [6.07, 6.45) is 3.28. The second-order valence-corrected chi connectivity index (χ2v) is 11.0. The summed E-state index contributed by atoms with van der Waals surface area (Å²) in [5, 5.41) is 0. The Kier molecular flexibility index (Phi) is 6.44. The van der Waals surface area contributed by atoms with Crippen LogP contribution >= 0.6 is 0 Å². The van der Waals surface area contributed by atoms with Crippen molar-refractivity contribution in [3.05, 3.63) is 77.4 Å². The van der Waals surface area contributed by atoms with E-state index >= 15 is 0 Å². The van der Waals surface area contributed by atoms with Crippen LogP contribution in [0.15, 0.2) is 60.7 Å². The maximum absolute atomic E-state index is 12.2. The van der Waals surface area contributed by atoms with Crippen LogP contribution in [0.1, 0.15) is 26.3 Å². The molecule has 0 bridgehead atoms. The molecule has 0 atom stereocenters. The highest BCUT2D eigenvalue weighted by Gasteiger charge is 2.15. The van der Waals surface area contributed by atoms with Gasteiger partial charge in [-0.25, -0.2) is 4.79 Å². The lowest BCUT2D eigenvalue weighted by Crippen LogP contribution is -2.27. The predicted octanol–water partition coefficient (Wildman–Crippen LogP) is 4.55. The number of hydrogen-bond acceptors (Lipinski definition) is 4. The van der Waals surface area contributed by atoms with Crippen molar-refractivity contribution in [3.63, 3.8) is 0 Å². The van der Waals surface area contributed by atoms with Crippen LogP contribution in [0, 0.1) is 0 Å². The number of ether oxygens (including phenoxy) is 1. The van der Waals surface area contributed by atoms with Crippen LogP contribution in [0.4, 0.5) is 0 Å². The normalized spacial score (nSPS) is 11.5. The third-order valence-electron chi connectivity index (χ3n) is 3.31. The molecule has 0 aromatic heterocycles. The van der Waals surface area contributed by atoms with Gasteiger partial charge in [0.25, 0.3) is 0 Å². The Balaban J connectivity index is 1.93. The number of carbonyl (C=O) groups excluding carboxylic acids is 2. The van der Waals surface area contributed by atoms with Gasteiger partial charge in [0.1, 0.15) is 0 Å². The van der Waals surface area contributed by atoms with Crippen molar-refractivity contribution in [1.82, 2.24) is 0 Å². The summed E-state index contributed by atoms with van der Waals surface area (Å²) in [6, 6.07) is 16.0. The summed E-state index contributed by atoms with van der Waals surface area (Å²) in [4.78, 5) is 24.1. The molecule has 130 valence electrons. The van der Waals surface area contributed by atoms with Crippen LogP contribution in [-0.2, 0) is 9.16 Å². The molecule has 0 aliphatic rings. The molecular formula is C20H22O4Si. The third kappa shape index (κ3) is 6.49. The van der Waals surface area contributed by atoms with Gasteiger partial charge in [-0.1, -0.05) is 48.5 Å². The molecule has 25 heavy (non-hydrogen) atoms. The molecule has 2 aromatic rings. The fraction of sp³-hybridized carbons (Fsp3) is 0.200. The standard InChI is InChI=1S/C20H22O4Si/c1-25(2,3)24-15-23-20(22)18-12-10-17(11-13-18)19(21)14-9-16-7-5-4-6-8-16/h4-14H,15H2,1-3H3/b14-9+. The Bertz CT molecular complexity index is 744. The van der Waals surface area contributed by atoms with E-state index in [4.69, 9.17) is 9.16 Å². The van der Waals surface area contributed by atoms with E-state index in [0.29, 0.717) is 11.1 Å². The Morgan fingerprint density at radius 1 is 0.920 bits per heavy atom. The molecule has 5 heteroatoms. The molecule has 0 N–H and O–H groups in total. The van der Waals surface area contributed by atoms with Crippen molar-refractivity contribution >= 4 is 26.1 Å². The van der Waals surface area contributed by atoms with E-state index in [1.54, 1.807) is 30.3 Å². The maximum Gasteiger partial charge on any atom is 0.340 e. The molecule has 0 aliphatic heterocycles. The highest BCUT2D eigenvalue weighted by atomic mass is 28.4. The van der Waals surface area contributed by atoms with E-state index in [-0.39, 0.29) is 12.6 Å². The van der Waals surface area contributed by atoms with E-state index in [0.717, 1.165) is 5.56 Å².